The summed E-state index contributed by atoms with van der Waals surface area (Å²) >= 11 is 9.68. The van der Waals surface area contributed by atoms with E-state index in [1.54, 1.807) is 5.01 Å². The average Bonchev–Trinajstić information content (AvgIpc) is 2.42. The smallest absolute Gasteiger partial charge is 0.138 e. The molecule has 0 aliphatic heterocycles. The molecule has 2 N–H and O–H groups in total. The zero-order valence-electron chi connectivity index (χ0n) is 12.3. The molecule has 3 nitrogen and oxygen atoms in total. The Morgan fingerprint density at radius 2 is 1.95 bits per heavy atom. The number of benzene rings is 2. The third-order valence-electron chi connectivity index (χ3n) is 3.35. The van der Waals surface area contributed by atoms with E-state index < -0.39 is 0 Å². The summed E-state index contributed by atoms with van der Waals surface area (Å²) in [6, 6.07) is 9.77. The Labute approximate surface area is 138 Å². The summed E-state index contributed by atoms with van der Waals surface area (Å²) in [6.45, 7) is 4.46. The largest absolute Gasteiger partial charge is 0.487 e. The summed E-state index contributed by atoms with van der Waals surface area (Å²) < 4.78 is 6.87. The van der Waals surface area contributed by atoms with Crippen molar-refractivity contribution in [3.8, 4) is 5.75 Å². The lowest BCUT2D eigenvalue weighted by atomic mass is 10.1. The Kier molecular flexibility index (Phi) is 5.14. The molecule has 5 heteroatoms. The van der Waals surface area contributed by atoms with Gasteiger partial charge in [-0.25, -0.2) is 5.84 Å². The van der Waals surface area contributed by atoms with E-state index in [0.717, 1.165) is 26.9 Å². The lowest BCUT2D eigenvalue weighted by molar-refractivity contribution is 0.305. The molecule has 0 unspecified atom stereocenters. The fourth-order valence-corrected chi connectivity index (χ4v) is 2.79. The molecule has 0 amide bonds. The van der Waals surface area contributed by atoms with E-state index >= 15 is 0 Å². The van der Waals surface area contributed by atoms with Crippen LogP contribution in [0.25, 0.3) is 0 Å². The molecule has 112 valence electrons. The number of hydrazine groups is 1. The molecule has 2 aromatic carbocycles. The Bertz CT molecular complexity index is 659. The zero-order valence-corrected chi connectivity index (χ0v) is 14.6. The van der Waals surface area contributed by atoms with Crippen molar-refractivity contribution in [2.24, 2.45) is 5.84 Å². The standard InChI is InChI=1S/C16H18BrClN2O/c1-10-5-4-6-15(20(3)19)12(10)9-21-16-7-11(2)13(17)8-14(16)18/h4-8H,9,19H2,1-3H3. The fourth-order valence-electron chi connectivity index (χ4n) is 2.10. The van der Waals surface area contributed by atoms with Crippen LogP contribution < -0.4 is 15.6 Å². The van der Waals surface area contributed by atoms with Crippen LogP contribution in [-0.4, -0.2) is 7.05 Å². The van der Waals surface area contributed by atoms with E-state index in [-0.39, 0.29) is 0 Å². The highest BCUT2D eigenvalue weighted by molar-refractivity contribution is 9.10. The van der Waals surface area contributed by atoms with Crippen LogP contribution >= 0.6 is 27.5 Å². The van der Waals surface area contributed by atoms with Gasteiger partial charge in [0.2, 0.25) is 0 Å². The maximum atomic E-state index is 6.22. The Morgan fingerprint density at radius 1 is 1.24 bits per heavy atom. The van der Waals surface area contributed by atoms with Gasteiger partial charge in [0.1, 0.15) is 12.4 Å². The normalized spacial score (nSPS) is 10.6. The van der Waals surface area contributed by atoms with Gasteiger partial charge < -0.3 is 9.75 Å². The highest BCUT2D eigenvalue weighted by Gasteiger charge is 2.11. The summed E-state index contributed by atoms with van der Waals surface area (Å²) in [5.41, 5.74) is 4.21. The number of rotatable bonds is 4. The molecule has 0 fully saturated rings. The van der Waals surface area contributed by atoms with Crippen LogP contribution in [0, 0.1) is 13.8 Å². The Morgan fingerprint density at radius 3 is 2.62 bits per heavy atom. The minimum Gasteiger partial charge on any atom is -0.487 e. The second kappa shape index (κ2) is 6.69. The summed E-state index contributed by atoms with van der Waals surface area (Å²) in [5.74, 6) is 6.54. The summed E-state index contributed by atoms with van der Waals surface area (Å²) in [6.07, 6.45) is 0. The van der Waals surface area contributed by atoms with Gasteiger partial charge >= 0.3 is 0 Å². The highest BCUT2D eigenvalue weighted by Crippen LogP contribution is 2.32. The summed E-state index contributed by atoms with van der Waals surface area (Å²) in [4.78, 5) is 0. The van der Waals surface area contributed by atoms with Crippen LogP contribution in [-0.2, 0) is 6.61 Å². The first-order valence-electron chi connectivity index (χ1n) is 6.55. The SMILES string of the molecule is Cc1cc(OCc2c(C)cccc2N(C)N)c(Cl)cc1Br. The van der Waals surface area contributed by atoms with Gasteiger partial charge in [-0.05, 0) is 43.2 Å². The van der Waals surface area contributed by atoms with Crippen LogP contribution in [0.1, 0.15) is 16.7 Å². The van der Waals surface area contributed by atoms with Gasteiger partial charge in [0.25, 0.3) is 0 Å². The predicted octanol–water partition coefficient (Wildman–Crippen LogP) is 4.61. The van der Waals surface area contributed by atoms with Crippen molar-refractivity contribution in [2.75, 3.05) is 12.1 Å². The van der Waals surface area contributed by atoms with Gasteiger partial charge in [-0.15, -0.1) is 0 Å². The van der Waals surface area contributed by atoms with Gasteiger partial charge in [0, 0.05) is 17.1 Å². The van der Waals surface area contributed by atoms with Crippen LogP contribution in [0.4, 0.5) is 5.69 Å². The van der Waals surface area contributed by atoms with E-state index in [1.165, 1.54) is 0 Å². The van der Waals surface area contributed by atoms with Crippen molar-refractivity contribution >= 4 is 33.2 Å². The first-order valence-corrected chi connectivity index (χ1v) is 7.72. The van der Waals surface area contributed by atoms with E-state index in [1.807, 2.05) is 51.2 Å². The third-order valence-corrected chi connectivity index (χ3v) is 4.50. The molecule has 0 aromatic heterocycles. The molecule has 0 aliphatic rings. The second-order valence-electron chi connectivity index (χ2n) is 5.00. The number of anilines is 1. The van der Waals surface area contributed by atoms with E-state index in [9.17, 15) is 0 Å². The molecule has 0 heterocycles. The van der Waals surface area contributed by atoms with Gasteiger partial charge in [-0.2, -0.15) is 0 Å². The van der Waals surface area contributed by atoms with Crippen molar-refractivity contribution in [3.05, 3.63) is 56.5 Å². The summed E-state index contributed by atoms with van der Waals surface area (Å²) in [5, 5.41) is 2.18. The van der Waals surface area contributed by atoms with Crippen molar-refractivity contribution in [2.45, 2.75) is 20.5 Å². The van der Waals surface area contributed by atoms with Crippen molar-refractivity contribution < 1.29 is 4.74 Å². The molecular formula is C16H18BrClN2O. The van der Waals surface area contributed by atoms with Gasteiger partial charge in [-0.3, -0.25) is 0 Å². The van der Waals surface area contributed by atoms with E-state index in [2.05, 4.69) is 15.9 Å². The molecule has 0 saturated heterocycles. The highest BCUT2D eigenvalue weighted by atomic mass is 79.9. The Balaban J connectivity index is 2.27. The number of aryl methyl sites for hydroxylation is 2. The summed E-state index contributed by atoms with van der Waals surface area (Å²) in [7, 11) is 1.81. The fraction of sp³-hybridized carbons (Fsp3) is 0.250. The molecule has 0 atom stereocenters. The average molecular weight is 370 g/mol. The van der Waals surface area contributed by atoms with Gasteiger partial charge in [0.05, 0.1) is 10.7 Å². The third kappa shape index (κ3) is 3.70. The topological polar surface area (TPSA) is 38.5 Å². The molecule has 0 aliphatic carbocycles. The number of hydrogen-bond acceptors (Lipinski definition) is 3. The molecular weight excluding hydrogens is 352 g/mol. The minimum absolute atomic E-state index is 0.421. The number of halogens is 2. The molecule has 0 spiro atoms. The maximum absolute atomic E-state index is 6.22. The quantitative estimate of drug-likeness (QED) is 0.632. The molecule has 0 bridgehead atoms. The van der Waals surface area contributed by atoms with Gasteiger partial charge in [0.15, 0.2) is 0 Å². The Hall–Kier alpha value is -1.23. The second-order valence-corrected chi connectivity index (χ2v) is 6.27. The number of nitrogens with zero attached hydrogens (tertiary/aromatic N) is 1. The van der Waals surface area contributed by atoms with Crippen LogP contribution in [0.2, 0.25) is 5.02 Å². The van der Waals surface area contributed by atoms with Crippen molar-refractivity contribution in [1.29, 1.82) is 0 Å². The zero-order chi connectivity index (χ0) is 15.6. The molecule has 0 saturated carbocycles. The first-order chi connectivity index (χ1) is 9.90. The van der Waals surface area contributed by atoms with Crippen LogP contribution in [0.5, 0.6) is 5.75 Å². The lowest BCUT2D eigenvalue weighted by Crippen LogP contribution is -2.26. The molecule has 2 rings (SSSR count). The minimum atomic E-state index is 0.421. The lowest BCUT2D eigenvalue weighted by Gasteiger charge is -2.19. The number of hydrogen-bond donors (Lipinski definition) is 1. The molecule has 2 aromatic rings. The van der Waals surface area contributed by atoms with Crippen LogP contribution in [0.15, 0.2) is 34.8 Å². The predicted molar refractivity (Wildman–Crippen MR) is 92.0 cm³/mol. The number of ether oxygens (including phenoxy) is 1. The van der Waals surface area contributed by atoms with E-state index in [4.69, 9.17) is 22.2 Å². The van der Waals surface area contributed by atoms with Crippen molar-refractivity contribution in [1.82, 2.24) is 0 Å². The monoisotopic (exact) mass is 368 g/mol. The van der Waals surface area contributed by atoms with Crippen molar-refractivity contribution in [3.63, 3.8) is 0 Å². The van der Waals surface area contributed by atoms with Gasteiger partial charge in [-0.1, -0.05) is 39.7 Å². The first kappa shape index (κ1) is 16.1. The van der Waals surface area contributed by atoms with Crippen LogP contribution in [0.3, 0.4) is 0 Å². The van der Waals surface area contributed by atoms with E-state index in [0.29, 0.717) is 17.4 Å². The number of nitrogens with two attached hydrogens (primary N) is 1. The molecule has 0 radical (unpaired) electrons. The maximum Gasteiger partial charge on any atom is 0.138 e. The molecule has 21 heavy (non-hydrogen) atoms.